The van der Waals surface area contributed by atoms with Gasteiger partial charge in [0, 0.05) is 28.7 Å². The number of Topliss-reactive ketones (excluding diaryl/α,β-unsaturated/α-hetero) is 2. The molecule has 49 heavy (non-hydrogen) atoms. The van der Waals surface area contributed by atoms with Crippen molar-refractivity contribution in [2.24, 2.45) is 17.6 Å². The Morgan fingerprint density at radius 2 is 1.82 bits per heavy atom. The number of nitrogens with one attached hydrogen (secondary N) is 1. The molecule has 3 aliphatic carbocycles. The number of aromatic nitrogens is 1. The maximum atomic E-state index is 16.6. The number of fused-ring (bicyclic) bond motifs is 4. The number of ether oxygens (including phenoxy) is 2. The van der Waals surface area contributed by atoms with Gasteiger partial charge in [-0.3, -0.25) is 9.59 Å². The molecule has 5 atom stereocenters. The topological polar surface area (TPSA) is 146 Å². The smallest absolute Gasteiger partial charge is 0.265 e. The zero-order valence-electron chi connectivity index (χ0n) is 30.0. The number of carbonyl (C=O) groups excluding carboxylic acids is 2. The number of aliphatic hydroxyl groups excluding tert-OH is 1. The molecule has 12 heteroatoms. The Morgan fingerprint density at radius 3 is 2.45 bits per heavy atom. The van der Waals surface area contributed by atoms with Crippen molar-refractivity contribution in [1.29, 1.82) is 0 Å². The summed E-state index contributed by atoms with van der Waals surface area (Å²) in [5.41, 5.74) is 5.96. The fraction of sp³-hybridized carbons (Fsp3) is 0.649. The van der Waals surface area contributed by atoms with Gasteiger partial charge in [-0.25, -0.2) is 4.39 Å². The zero-order chi connectivity index (χ0) is 35.5. The number of aliphatic hydroxyl groups is 1. The number of halogens is 1. The average Bonchev–Trinajstić information content (AvgIpc) is 3.73. The van der Waals surface area contributed by atoms with Crippen LogP contribution in [0, 0.1) is 17.7 Å². The first-order valence-corrected chi connectivity index (χ1v) is 20.9. The Balaban J connectivity index is 1.54. The Bertz CT molecular complexity index is 1660. The van der Waals surface area contributed by atoms with E-state index in [4.69, 9.17) is 24.2 Å². The van der Waals surface area contributed by atoms with Crippen molar-refractivity contribution in [3.63, 3.8) is 0 Å². The van der Waals surface area contributed by atoms with Crippen molar-refractivity contribution in [3.8, 4) is 11.6 Å². The molecule has 2 fully saturated rings. The van der Waals surface area contributed by atoms with Gasteiger partial charge in [0.2, 0.25) is 11.6 Å². The van der Waals surface area contributed by atoms with E-state index in [1.54, 1.807) is 6.07 Å². The molecule has 2 aromatic rings. The number of nitrogens with two attached hydrogens (primary N) is 1. The van der Waals surface area contributed by atoms with Crippen LogP contribution in [0.3, 0.4) is 0 Å². The van der Waals surface area contributed by atoms with E-state index in [0.29, 0.717) is 30.1 Å². The van der Waals surface area contributed by atoms with Gasteiger partial charge in [0.15, 0.2) is 19.7 Å². The Hall–Kier alpha value is -3.06. The van der Waals surface area contributed by atoms with Crippen LogP contribution in [0.2, 0.25) is 18.1 Å². The second-order valence-electron chi connectivity index (χ2n) is 15.7. The maximum Gasteiger partial charge on any atom is 0.265 e. The van der Waals surface area contributed by atoms with Crippen LogP contribution in [0.15, 0.2) is 16.2 Å². The summed E-state index contributed by atoms with van der Waals surface area (Å²) >= 11 is 0. The third-order valence-electron chi connectivity index (χ3n) is 11.5. The molecule has 1 aliphatic heterocycles. The minimum Gasteiger partial charge on any atom is -0.507 e. The van der Waals surface area contributed by atoms with Crippen molar-refractivity contribution in [2.45, 2.75) is 122 Å². The van der Waals surface area contributed by atoms with Crippen LogP contribution in [0.1, 0.15) is 124 Å². The van der Waals surface area contributed by atoms with Gasteiger partial charge in [0.25, 0.3) is 5.88 Å². The first kappa shape index (κ1) is 35.8. The lowest BCUT2D eigenvalue weighted by Crippen LogP contribution is -2.68. The largest absolute Gasteiger partial charge is 0.507 e. The molecule has 0 amide bonds. The van der Waals surface area contributed by atoms with Crippen molar-refractivity contribution < 1.29 is 37.5 Å². The lowest BCUT2D eigenvalue weighted by molar-refractivity contribution is -0.138. The normalized spacial score (nSPS) is 26.7. The molecule has 1 aromatic heterocycles. The number of ketones is 2. The third-order valence-corrected chi connectivity index (χ3v) is 15.9. The second-order valence-corrected chi connectivity index (χ2v) is 20.4. The highest BCUT2D eigenvalue weighted by atomic mass is 28.4. The van der Waals surface area contributed by atoms with E-state index < -0.39 is 49.2 Å². The van der Waals surface area contributed by atoms with E-state index in [2.05, 4.69) is 10.5 Å². The lowest BCUT2D eigenvalue weighted by atomic mass is 9.57. The van der Waals surface area contributed by atoms with Crippen LogP contribution < -0.4 is 20.5 Å². The summed E-state index contributed by atoms with van der Waals surface area (Å²) in [6.07, 6.45) is 5.30. The molecule has 1 aromatic carbocycles. The van der Waals surface area contributed by atoms with E-state index in [9.17, 15) is 5.11 Å². The number of rotatable bonds is 11. The molecule has 1 saturated carbocycles. The summed E-state index contributed by atoms with van der Waals surface area (Å²) in [6, 6.07) is 0.565. The SMILES string of the molecule is CCCCOc1cc(C2CCCN2)c(F)c2c1C(O)=C1C(=O)[C@]3(O[Si](C)(C)C(C)(C)C)C(=O)c4c(OCCCC)noc4[C@@H](N)[C@@H]3C[C@@H]1C2. The van der Waals surface area contributed by atoms with Crippen LogP contribution >= 0.6 is 0 Å². The number of carbonyl (C=O) groups is 2. The standard InChI is InChI=1S/C37H52FN3O7Si/c1-8-10-15-45-25-19-21(24-13-12-14-40-24)29(38)22-17-20-18-23-30(39)32-28(35(41-47-32)46-16-11-9-2)34(44)37(23,48-49(6,7)36(3,4)5)33(43)26(20)31(42)27(22)25/h19-20,23-24,30,40,42H,8-18,39H2,1-7H3/t20-,23-,24?,30-,37-/m0/s1. The van der Waals surface area contributed by atoms with Gasteiger partial charge in [-0.05, 0) is 80.3 Å². The molecule has 1 unspecified atom stereocenters. The minimum atomic E-state index is -2.87. The van der Waals surface area contributed by atoms with Gasteiger partial charge in [0.1, 0.15) is 22.9 Å². The molecule has 4 N–H and O–H groups in total. The number of nitrogens with zero attached hydrogens (tertiary/aromatic N) is 1. The monoisotopic (exact) mass is 697 g/mol. The lowest BCUT2D eigenvalue weighted by Gasteiger charge is -2.53. The maximum absolute atomic E-state index is 16.6. The molecule has 4 aliphatic rings. The van der Waals surface area contributed by atoms with Crippen molar-refractivity contribution in [1.82, 2.24) is 10.5 Å². The molecular weight excluding hydrogens is 646 g/mol. The van der Waals surface area contributed by atoms with E-state index >= 15 is 14.0 Å². The van der Waals surface area contributed by atoms with Crippen LogP contribution in [0.5, 0.6) is 11.6 Å². The Morgan fingerprint density at radius 1 is 1.12 bits per heavy atom. The van der Waals surface area contributed by atoms with E-state index in [1.165, 1.54) is 0 Å². The van der Waals surface area contributed by atoms with Gasteiger partial charge < -0.3 is 34.6 Å². The van der Waals surface area contributed by atoms with Crippen molar-refractivity contribution in [2.75, 3.05) is 19.8 Å². The summed E-state index contributed by atoms with van der Waals surface area (Å²) in [7, 11) is -2.87. The molecule has 1 saturated heterocycles. The van der Waals surface area contributed by atoms with Crippen LogP contribution in [-0.2, 0) is 15.6 Å². The highest BCUT2D eigenvalue weighted by molar-refractivity contribution is 6.74. The third kappa shape index (κ3) is 5.76. The first-order valence-electron chi connectivity index (χ1n) is 18.0. The summed E-state index contributed by atoms with van der Waals surface area (Å²) in [5.74, 6) is -3.00. The number of hydrogen-bond acceptors (Lipinski definition) is 10. The van der Waals surface area contributed by atoms with Crippen molar-refractivity contribution in [3.05, 3.63) is 45.5 Å². The molecule has 268 valence electrons. The fourth-order valence-corrected chi connectivity index (χ4v) is 9.16. The zero-order valence-corrected chi connectivity index (χ0v) is 31.0. The summed E-state index contributed by atoms with van der Waals surface area (Å²) in [4.78, 5) is 30.3. The molecule has 0 radical (unpaired) electrons. The molecule has 6 rings (SSSR count). The minimum absolute atomic E-state index is 0.00981. The summed E-state index contributed by atoms with van der Waals surface area (Å²) in [6.45, 7) is 15.6. The highest BCUT2D eigenvalue weighted by Crippen LogP contribution is 2.58. The number of hydrogen-bond donors (Lipinski definition) is 3. The predicted octanol–water partition coefficient (Wildman–Crippen LogP) is 7.28. The first-order chi connectivity index (χ1) is 23.2. The quantitative estimate of drug-likeness (QED) is 0.124. The Kier molecular flexibility index (Phi) is 9.66. The molecule has 0 spiro atoms. The van der Waals surface area contributed by atoms with Crippen LogP contribution in [0.4, 0.5) is 4.39 Å². The van der Waals surface area contributed by atoms with Gasteiger partial charge in [-0.15, -0.1) is 0 Å². The van der Waals surface area contributed by atoms with Gasteiger partial charge in [-0.1, -0.05) is 47.5 Å². The fourth-order valence-electron chi connectivity index (χ4n) is 7.72. The van der Waals surface area contributed by atoms with E-state index in [0.717, 1.165) is 45.1 Å². The summed E-state index contributed by atoms with van der Waals surface area (Å²) < 4.78 is 41.4. The second kappa shape index (κ2) is 13.2. The van der Waals surface area contributed by atoms with Gasteiger partial charge in [-0.2, -0.15) is 0 Å². The molecule has 10 nitrogen and oxygen atoms in total. The van der Waals surface area contributed by atoms with E-state index in [-0.39, 0.29) is 58.0 Å². The highest BCUT2D eigenvalue weighted by Gasteiger charge is 2.68. The van der Waals surface area contributed by atoms with Gasteiger partial charge >= 0.3 is 0 Å². The van der Waals surface area contributed by atoms with Gasteiger partial charge in [0.05, 0.1) is 24.8 Å². The molecular formula is C37H52FN3O7Si. The van der Waals surface area contributed by atoms with E-state index in [1.807, 2.05) is 47.7 Å². The molecule has 2 heterocycles. The summed E-state index contributed by atoms with van der Waals surface area (Å²) in [5, 5.41) is 19.3. The predicted molar refractivity (Wildman–Crippen MR) is 186 cm³/mol. The van der Waals surface area contributed by atoms with Crippen molar-refractivity contribution >= 4 is 25.6 Å². The molecule has 0 bridgehead atoms. The Labute approximate surface area is 289 Å². The number of benzene rings is 1. The number of unbranched alkanes of at least 4 members (excludes halogenated alkanes) is 2. The average molecular weight is 698 g/mol. The van der Waals surface area contributed by atoms with Crippen LogP contribution in [-0.4, -0.2) is 55.5 Å². The van der Waals surface area contributed by atoms with Crippen LogP contribution in [0.25, 0.3) is 5.76 Å².